The Morgan fingerprint density at radius 2 is 1.57 bits per heavy atom. The van der Waals surface area contributed by atoms with Crippen LogP contribution < -0.4 is 10.0 Å². The first-order valence-electron chi connectivity index (χ1n) is 7.70. The summed E-state index contributed by atoms with van der Waals surface area (Å²) in [5.74, 6) is 0. The van der Waals surface area contributed by atoms with E-state index in [1.165, 1.54) is 8.61 Å². The molecular weight excluding hydrogens is 310 g/mol. The molecule has 0 radical (unpaired) electrons. The molecule has 2 aromatic carbocycles. The molecule has 5 nitrogen and oxygen atoms in total. The van der Waals surface area contributed by atoms with Crippen molar-refractivity contribution in [3.63, 3.8) is 0 Å². The maximum Gasteiger partial charge on any atom is 0.304 e. The third-order valence-electron chi connectivity index (χ3n) is 3.97. The van der Waals surface area contributed by atoms with Gasteiger partial charge in [0.2, 0.25) is 0 Å². The summed E-state index contributed by atoms with van der Waals surface area (Å²) < 4.78 is 28.7. The Bertz CT molecular complexity index is 729. The van der Waals surface area contributed by atoms with Gasteiger partial charge < -0.3 is 5.73 Å². The van der Waals surface area contributed by atoms with Gasteiger partial charge in [0, 0.05) is 25.7 Å². The summed E-state index contributed by atoms with van der Waals surface area (Å²) in [5.41, 5.74) is 7.54. The van der Waals surface area contributed by atoms with Crippen molar-refractivity contribution in [1.29, 1.82) is 0 Å². The fraction of sp³-hybridized carbons (Fsp3) is 0.294. The number of benzene rings is 2. The molecule has 6 heteroatoms. The average Bonchev–Trinajstić information content (AvgIpc) is 2.54. The number of anilines is 1. The Balaban J connectivity index is 1.82. The Hall–Kier alpha value is -1.89. The van der Waals surface area contributed by atoms with Crippen LogP contribution in [0.5, 0.6) is 0 Å². The molecule has 0 saturated carbocycles. The van der Waals surface area contributed by atoms with Crippen LogP contribution in [-0.4, -0.2) is 38.4 Å². The number of nitrogens with two attached hydrogens (primary N) is 1. The summed E-state index contributed by atoms with van der Waals surface area (Å²) >= 11 is 0. The van der Waals surface area contributed by atoms with Gasteiger partial charge in [0.25, 0.3) is 0 Å². The molecule has 0 aliphatic carbocycles. The zero-order valence-corrected chi connectivity index (χ0v) is 13.7. The largest absolute Gasteiger partial charge is 0.325 e. The summed E-state index contributed by atoms with van der Waals surface area (Å²) in [5, 5.41) is 0. The summed E-state index contributed by atoms with van der Waals surface area (Å²) in [7, 11) is -3.53. The van der Waals surface area contributed by atoms with Crippen molar-refractivity contribution in [3.8, 4) is 0 Å². The fourth-order valence-corrected chi connectivity index (χ4v) is 4.39. The zero-order chi connectivity index (χ0) is 16.3. The monoisotopic (exact) mass is 331 g/mol. The maximum absolute atomic E-state index is 12.9. The second kappa shape index (κ2) is 6.70. The lowest BCUT2D eigenvalue weighted by atomic mass is 10.1. The van der Waals surface area contributed by atoms with E-state index in [2.05, 4.69) is 0 Å². The first kappa shape index (κ1) is 16.0. The quantitative estimate of drug-likeness (QED) is 0.875. The Morgan fingerprint density at radius 3 is 2.13 bits per heavy atom. The van der Waals surface area contributed by atoms with Crippen molar-refractivity contribution in [2.45, 2.75) is 12.5 Å². The minimum absolute atomic E-state index is 0.0588. The molecule has 3 rings (SSSR count). The lowest BCUT2D eigenvalue weighted by Crippen LogP contribution is -2.61. The van der Waals surface area contributed by atoms with Gasteiger partial charge in [0.05, 0.1) is 5.69 Å². The van der Waals surface area contributed by atoms with Crippen LogP contribution in [0.15, 0.2) is 60.7 Å². The number of hydrogen-bond donors (Lipinski definition) is 1. The molecule has 1 aliphatic heterocycles. The van der Waals surface area contributed by atoms with E-state index in [1.807, 2.05) is 60.7 Å². The van der Waals surface area contributed by atoms with E-state index in [0.717, 1.165) is 5.56 Å². The van der Waals surface area contributed by atoms with Crippen LogP contribution in [0.3, 0.4) is 0 Å². The van der Waals surface area contributed by atoms with Gasteiger partial charge in [-0.1, -0.05) is 48.5 Å². The van der Waals surface area contributed by atoms with Crippen LogP contribution in [-0.2, 0) is 16.6 Å². The van der Waals surface area contributed by atoms with Gasteiger partial charge in [-0.3, -0.25) is 4.31 Å². The van der Waals surface area contributed by atoms with Crippen molar-refractivity contribution in [1.82, 2.24) is 4.31 Å². The predicted molar refractivity (Wildman–Crippen MR) is 92.4 cm³/mol. The van der Waals surface area contributed by atoms with Crippen LogP contribution in [0, 0.1) is 0 Å². The van der Waals surface area contributed by atoms with E-state index in [9.17, 15) is 8.42 Å². The molecule has 1 fully saturated rings. The molecule has 1 aliphatic rings. The van der Waals surface area contributed by atoms with E-state index in [4.69, 9.17) is 5.73 Å². The number of hydrogen-bond acceptors (Lipinski definition) is 3. The molecule has 0 aromatic heterocycles. The van der Waals surface area contributed by atoms with Gasteiger partial charge in [-0.05, 0) is 24.1 Å². The van der Waals surface area contributed by atoms with Crippen molar-refractivity contribution in [2.24, 2.45) is 5.73 Å². The van der Waals surface area contributed by atoms with E-state index in [0.29, 0.717) is 31.7 Å². The third kappa shape index (κ3) is 3.55. The smallest absolute Gasteiger partial charge is 0.304 e. The lowest BCUT2D eigenvalue weighted by molar-refractivity contribution is 0.264. The molecule has 0 atom stereocenters. The standard InChI is InChI=1S/C17H21N3O2S/c18-16-13-19(14-16)23(21,22)20(17-9-5-2-6-10-17)12-11-15-7-3-1-4-8-15/h1-10,16H,11-14,18H2. The maximum atomic E-state index is 12.9. The van der Waals surface area contributed by atoms with Crippen molar-refractivity contribution in [3.05, 3.63) is 66.2 Å². The second-order valence-electron chi connectivity index (χ2n) is 5.73. The highest BCUT2D eigenvalue weighted by atomic mass is 32.2. The Kier molecular flexibility index (Phi) is 4.66. The summed E-state index contributed by atoms with van der Waals surface area (Å²) in [6, 6.07) is 19.1. The molecule has 0 unspecified atom stereocenters. The third-order valence-corrected chi connectivity index (χ3v) is 5.87. The predicted octanol–water partition coefficient (Wildman–Crippen LogP) is 1.62. The fourth-order valence-electron chi connectivity index (χ4n) is 2.64. The van der Waals surface area contributed by atoms with E-state index in [1.54, 1.807) is 0 Å². The number of para-hydroxylation sites is 1. The summed E-state index contributed by atoms with van der Waals surface area (Å²) in [6.45, 7) is 1.18. The second-order valence-corrected chi connectivity index (χ2v) is 7.58. The Labute approximate surface area is 137 Å². The molecule has 0 amide bonds. The molecule has 1 saturated heterocycles. The first-order valence-corrected chi connectivity index (χ1v) is 9.09. The van der Waals surface area contributed by atoms with Gasteiger partial charge in [-0.15, -0.1) is 0 Å². The van der Waals surface area contributed by atoms with E-state index < -0.39 is 10.2 Å². The van der Waals surface area contributed by atoms with Gasteiger partial charge >= 0.3 is 10.2 Å². The lowest BCUT2D eigenvalue weighted by Gasteiger charge is -2.39. The van der Waals surface area contributed by atoms with Crippen LogP contribution in [0.2, 0.25) is 0 Å². The number of rotatable bonds is 6. The van der Waals surface area contributed by atoms with Gasteiger partial charge in [-0.25, -0.2) is 0 Å². The highest BCUT2D eigenvalue weighted by Crippen LogP contribution is 2.23. The van der Waals surface area contributed by atoms with Crippen molar-refractivity contribution < 1.29 is 8.42 Å². The van der Waals surface area contributed by atoms with Crippen LogP contribution in [0.4, 0.5) is 5.69 Å². The minimum Gasteiger partial charge on any atom is -0.325 e. The van der Waals surface area contributed by atoms with Crippen LogP contribution >= 0.6 is 0 Å². The first-order chi connectivity index (χ1) is 11.1. The van der Waals surface area contributed by atoms with Crippen LogP contribution in [0.1, 0.15) is 5.56 Å². The van der Waals surface area contributed by atoms with Crippen LogP contribution in [0.25, 0.3) is 0 Å². The molecule has 2 aromatic rings. The highest BCUT2D eigenvalue weighted by molar-refractivity contribution is 7.90. The van der Waals surface area contributed by atoms with Gasteiger partial charge in [0.1, 0.15) is 0 Å². The van der Waals surface area contributed by atoms with E-state index in [-0.39, 0.29) is 6.04 Å². The Morgan fingerprint density at radius 1 is 1.00 bits per heavy atom. The average molecular weight is 331 g/mol. The topological polar surface area (TPSA) is 66.6 Å². The van der Waals surface area contributed by atoms with Gasteiger partial charge in [-0.2, -0.15) is 12.7 Å². The van der Waals surface area contributed by atoms with Crippen molar-refractivity contribution in [2.75, 3.05) is 23.9 Å². The molecule has 122 valence electrons. The van der Waals surface area contributed by atoms with Crippen molar-refractivity contribution >= 4 is 15.9 Å². The summed E-state index contributed by atoms with van der Waals surface area (Å²) in [6.07, 6.45) is 0.662. The molecule has 0 spiro atoms. The minimum atomic E-state index is -3.53. The molecule has 0 bridgehead atoms. The van der Waals surface area contributed by atoms with E-state index >= 15 is 0 Å². The summed E-state index contributed by atoms with van der Waals surface area (Å²) in [4.78, 5) is 0. The molecule has 2 N–H and O–H groups in total. The SMILES string of the molecule is NC1CN(S(=O)(=O)N(CCc2ccccc2)c2ccccc2)C1. The zero-order valence-electron chi connectivity index (χ0n) is 12.9. The van der Waals surface area contributed by atoms with Gasteiger partial charge in [0.15, 0.2) is 0 Å². The number of nitrogens with zero attached hydrogens (tertiary/aromatic N) is 2. The normalized spacial score (nSPS) is 16.0. The molecule has 1 heterocycles. The molecule has 23 heavy (non-hydrogen) atoms. The highest BCUT2D eigenvalue weighted by Gasteiger charge is 2.37. The molecular formula is C17H21N3O2S.